The number of hydrogen-bond donors (Lipinski definition) is 2. The van der Waals surface area contributed by atoms with Gasteiger partial charge in [0, 0.05) is 24.2 Å². The molecule has 25 heavy (non-hydrogen) atoms. The summed E-state index contributed by atoms with van der Waals surface area (Å²) >= 11 is 0. The molecule has 0 saturated heterocycles. The van der Waals surface area contributed by atoms with E-state index in [2.05, 4.69) is 9.71 Å². The second-order valence-electron chi connectivity index (χ2n) is 5.85. The number of fused-ring (bicyclic) bond motifs is 2. The third kappa shape index (κ3) is 2.76. The van der Waals surface area contributed by atoms with Crippen molar-refractivity contribution in [3.05, 3.63) is 52.3 Å². The number of oxazole rings is 1. The van der Waals surface area contributed by atoms with Gasteiger partial charge in [-0.15, -0.1) is 0 Å². The van der Waals surface area contributed by atoms with Crippen LogP contribution < -0.4 is 15.2 Å². The van der Waals surface area contributed by atoms with Crippen LogP contribution in [0, 0.1) is 5.82 Å². The number of sulfonamides is 1. The lowest BCUT2D eigenvalue weighted by Gasteiger charge is -2.10. The SMILES string of the molecule is CC1Cc2cc(NS(=O)(=O)c3cc4oc(=O)[nH]c4cc3F)ccc2O1. The predicted molar refractivity (Wildman–Crippen MR) is 87.8 cm³/mol. The standard InChI is InChI=1S/C16H13FN2O5S/c1-8-4-9-5-10(2-3-13(9)23-8)19-25(21,22)15-7-14-12(6-11(15)17)18-16(20)24-14/h2-3,5-8,19H,4H2,1H3,(H,18,20). The lowest BCUT2D eigenvalue weighted by Crippen LogP contribution is -2.14. The number of halogens is 1. The molecule has 1 aliphatic heterocycles. The highest BCUT2D eigenvalue weighted by atomic mass is 32.2. The Hall–Kier alpha value is -2.81. The maximum atomic E-state index is 14.2. The van der Waals surface area contributed by atoms with Crippen LogP contribution in [0.5, 0.6) is 5.75 Å². The maximum absolute atomic E-state index is 14.2. The second kappa shape index (κ2) is 5.35. The number of benzene rings is 2. The van der Waals surface area contributed by atoms with E-state index in [1.807, 2.05) is 6.92 Å². The van der Waals surface area contributed by atoms with Crippen LogP contribution in [0.1, 0.15) is 12.5 Å². The van der Waals surface area contributed by atoms with Crippen molar-refractivity contribution >= 4 is 26.8 Å². The Morgan fingerprint density at radius 1 is 1.28 bits per heavy atom. The molecule has 9 heteroatoms. The van der Waals surface area contributed by atoms with Crippen molar-refractivity contribution in [3.63, 3.8) is 0 Å². The van der Waals surface area contributed by atoms with Gasteiger partial charge in [0.2, 0.25) is 0 Å². The molecule has 2 heterocycles. The van der Waals surface area contributed by atoms with Gasteiger partial charge in [-0.1, -0.05) is 0 Å². The summed E-state index contributed by atoms with van der Waals surface area (Å²) in [5.74, 6) is -1.07. The monoisotopic (exact) mass is 364 g/mol. The lowest BCUT2D eigenvalue weighted by atomic mass is 10.1. The van der Waals surface area contributed by atoms with Crippen molar-refractivity contribution in [1.29, 1.82) is 0 Å². The molecule has 130 valence electrons. The van der Waals surface area contributed by atoms with E-state index in [1.54, 1.807) is 18.2 Å². The first kappa shape index (κ1) is 15.7. The highest BCUT2D eigenvalue weighted by molar-refractivity contribution is 7.92. The molecule has 2 aromatic carbocycles. The van der Waals surface area contributed by atoms with Crippen LogP contribution in [0.15, 0.2) is 44.4 Å². The van der Waals surface area contributed by atoms with Crippen molar-refractivity contribution in [2.24, 2.45) is 0 Å². The first-order valence-electron chi connectivity index (χ1n) is 7.46. The van der Waals surface area contributed by atoms with Gasteiger partial charge in [0.1, 0.15) is 22.6 Å². The van der Waals surface area contributed by atoms with Crippen LogP contribution in [0.25, 0.3) is 11.1 Å². The number of H-pyrrole nitrogens is 1. The number of hydrogen-bond acceptors (Lipinski definition) is 5. The summed E-state index contributed by atoms with van der Waals surface area (Å²) < 4.78 is 51.9. The Morgan fingerprint density at radius 2 is 2.08 bits per heavy atom. The van der Waals surface area contributed by atoms with E-state index in [-0.39, 0.29) is 17.2 Å². The van der Waals surface area contributed by atoms with Crippen LogP contribution in [0.2, 0.25) is 0 Å². The van der Waals surface area contributed by atoms with E-state index in [4.69, 9.17) is 9.15 Å². The van der Waals surface area contributed by atoms with Gasteiger partial charge in [0.05, 0.1) is 5.52 Å². The van der Waals surface area contributed by atoms with E-state index < -0.39 is 26.5 Å². The zero-order valence-electron chi connectivity index (χ0n) is 13.0. The fourth-order valence-electron chi connectivity index (χ4n) is 2.85. The van der Waals surface area contributed by atoms with Gasteiger partial charge in [0.15, 0.2) is 5.58 Å². The third-order valence-corrected chi connectivity index (χ3v) is 5.31. The number of aromatic amines is 1. The molecule has 2 N–H and O–H groups in total. The van der Waals surface area contributed by atoms with Gasteiger partial charge in [-0.05, 0) is 30.7 Å². The third-order valence-electron chi connectivity index (χ3n) is 3.91. The molecule has 0 amide bonds. The first-order chi connectivity index (χ1) is 11.8. The normalized spacial score (nSPS) is 16.6. The van der Waals surface area contributed by atoms with Gasteiger partial charge >= 0.3 is 5.76 Å². The Balaban J connectivity index is 1.72. The van der Waals surface area contributed by atoms with E-state index in [9.17, 15) is 17.6 Å². The van der Waals surface area contributed by atoms with Crippen molar-refractivity contribution in [2.45, 2.75) is 24.3 Å². The molecule has 1 unspecified atom stereocenters. The van der Waals surface area contributed by atoms with Gasteiger partial charge in [-0.3, -0.25) is 9.71 Å². The van der Waals surface area contributed by atoms with Crippen LogP contribution in [0.4, 0.5) is 10.1 Å². The zero-order chi connectivity index (χ0) is 17.8. The molecule has 3 aromatic rings. The molecule has 1 atom stereocenters. The molecule has 1 aliphatic rings. The van der Waals surface area contributed by atoms with E-state index in [0.29, 0.717) is 17.9 Å². The minimum Gasteiger partial charge on any atom is -0.490 e. The number of anilines is 1. The summed E-state index contributed by atoms with van der Waals surface area (Å²) in [6, 6.07) is 6.75. The molecule has 0 spiro atoms. The summed E-state index contributed by atoms with van der Waals surface area (Å²) in [6.07, 6.45) is 0.693. The van der Waals surface area contributed by atoms with Gasteiger partial charge in [-0.25, -0.2) is 17.6 Å². The lowest BCUT2D eigenvalue weighted by molar-refractivity contribution is 0.254. The quantitative estimate of drug-likeness (QED) is 0.743. The molecule has 0 bridgehead atoms. The van der Waals surface area contributed by atoms with Crippen LogP contribution in [0.3, 0.4) is 0 Å². The second-order valence-corrected chi connectivity index (χ2v) is 7.50. The molecule has 0 saturated carbocycles. The Morgan fingerprint density at radius 3 is 2.88 bits per heavy atom. The molecular formula is C16H13FN2O5S. The summed E-state index contributed by atoms with van der Waals surface area (Å²) in [5, 5.41) is 0. The van der Waals surface area contributed by atoms with Crippen molar-refractivity contribution in [2.75, 3.05) is 4.72 Å². The minimum absolute atomic E-state index is 0.0261. The smallest absolute Gasteiger partial charge is 0.417 e. The molecule has 0 aliphatic carbocycles. The highest BCUT2D eigenvalue weighted by Gasteiger charge is 2.24. The van der Waals surface area contributed by atoms with E-state index >= 15 is 0 Å². The molecule has 0 radical (unpaired) electrons. The zero-order valence-corrected chi connectivity index (χ0v) is 13.8. The van der Waals surface area contributed by atoms with Crippen LogP contribution >= 0.6 is 0 Å². The van der Waals surface area contributed by atoms with Crippen molar-refractivity contribution < 1.29 is 22.0 Å². The minimum atomic E-state index is -4.20. The summed E-state index contributed by atoms with van der Waals surface area (Å²) in [5.41, 5.74) is 1.22. The number of ether oxygens (including phenoxy) is 1. The summed E-state index contributed by atoms with van der Waals surface area (Å²) in [6.45, 7) is 1.92. The molecule has 0 fully saturated rings. The molecule has 4 rings (SSSR count). The average Bonchev–Trinajstić information content (AvgIpc) is 3.05. The van der Waals surface area contributed by atoms with Crippen LogP contribution in [-0.4, -0.2) is 19.5 Å². The first-order valence-corrected chi connectivity index (χ1v) is 8.95. The fourth-order valence-corrected chi connectivity index (χ4v) is 3.98. The summed E-state index contributed by atoms with van der Waals surface area (Å²) in [7, 11) is -4.20. The molecular weight excluding hydrogens is 351 g/mol. The Bertz CT molecular complexity index is 1150. The van der Waals surface area contributed by atoms with Gasteiger partial charge in [-0.2, -0.15) is 0 Å². The topological polar surface area (TPSA) is 101 Å². The largest absolute Gasteiger partial charge is 0.490 e. The van der Waals surface area contributed by atoms with E-state index in [1.165, 1.54) is 0 Å². The van der Waals surface area contributed by atoms with Crippen molar-refractivity contribution in [1.82, 2.24) is 4.98 Å². The maximum Gasteiger partial charge on any atom is 0.417 e. The van der Waals surface area contributed by atoms with Gasteiger partial charge < -0.3 is 9.15 Å². The fraction of sp³-hybridized carbons (Fsp3) is 0.188. The van der Waals surface area contributed by atoms with Crippen molar-refractivity contribution in [3.8, 4) is 5.75 Å². The number of aromatic nitrogens is 1. The molecule has 1 aromatic heterocycles. The summed E-state index contributed by atoms with van der Waals surface area (Å²) in [4.78, 5) is 12.8. The van der Waals surface area contributed by atoms with E-state index in [0.717, 1.165) is 17.7 Å². The highest BCUT2D eigenvalue weighted by Crippen LogP contribution is 2.32. The van der Waals surface area contributed by atoms with Gasteiger partial charge in [0.25, 0.3) is 10.0 Å². The predicted octanol–water partition coefficient (Wildman–Crippen LogP) is 2.38. The number of nitrogens with one attached hydrogen (secondary N) is 2. The Kier molecular flexibility index (Phi) is 3.36. The van der Waals surface area contributed by atoms with Crippen LogP contribution in [-0.2, 0) is 16.4 Å². The number of rotatable bonds is 3. The Labute approximate surface area is 141 Å². The average molecular weight is 364 g/mol. The molecule has 7 nitrogen and oxygen atoms in total.